The first kappa shape index (κ1) is 33.6. The summed E-state index contributed by atoms with van der Waals surface area (Å²) in [6.45, 7) is 45.6. The standard InChI is InChI=1S/C39H64/c1-25(22-26-20-21-27(34(2,3)4)23-28(26)35(5,6)7)31-32(38(14,15)16)29(36(8,9)10)24-30(37(11,12)13)33(31)39(17,18)19/h20-21,23-25H,22H2,1-19H3. The van der Waals surface area contributed by atoms with Crippen LogP contribution in [-0.2, 0) is 38.9 Å². The van der Waals surface area contributed by atoms with Gasteiger partial charge in [-0.05, 0) is 89.3 Å². The second-order valence-electron chi connectivity index (χ2n) is 18.6. The summed E-state index contributed by atoms with van der Waals surface area (Å²) in [6.07, 6.45) is 1.06. The molecule has 220 valence electrons. The van der Waals surface area contributed by atoms with E-state index in [1.807, 2.05) is 0 Å². The average Bonchev–Trinajstić information content (AvgIpc) is 2.68. The molecule has 0 heterocycles. The van der Waals surface area contributed by atoms with E-state index in [2.05, 4.69) is 156 Å². The van der Waals surface area contributed by atoms with E-state index in [1.54, 1.807) is 16.7 Å². The molecule has 0 nitrogen and oxygen atoms in total. The Labute approximate surface area is 244 Å². The molecule has 0 amide bonds. The highest BCUT2D eigenvalue weighted by Gasteiger charge is 2.38. The first-order valence-corrected chi connectivity index (χ1v) is 15.4. The third kappa shape index (κ3) is 7.59. The van der Waals surface area contributed by atoms with Crippen LogP contribution < -0.4 is 0 Å². The predicted molar refractivity (Wildman–Crippen MR) is 177 cm³/mol. The fourth-order valence-electron chi connectivity index (χ4n) is 6.35. The van der Waals surface area contributed by atoms with Gasteiger partial charge in [0.1, 0.15) is 0 Å². The van der Waals surface area contributed by atoms with E-state index in [0.717, 1.165) is 6.42 Å². The van der Waals surface area contributed by atoms with Gasteiger partial charge in [-0.1, -0.05) is 156 Å². The van der Waals surface area contributed by atoms with Crippen molar-refractivity contribution in [2.24, 2.45) is 0 Å². The van der Waals surface area contributed by atoms with Crippen molar-refractivity contribution in [3.63, 3.8) is 0 Å². The van der Waals surface area contributed by atoms with Gasteiger partial charge in [0.05, 0.1) is 0 Å². The molecule has 2 rings (SSSR count). The Morgan fingerprint density at radius 1 is 0.462 bits per heavy atom. The van der Waals surface area contributed by atoms with Crippen LogP contribution in [0.5, 0.6) is 0 Å². The molecule has 0 N–H and O–H groups in total. The molecule has 2 aromatic rings. The minimum Gasteiger partial charge on any atom is -0.0584 e. The molecule has 0 aromatic heterocycles. The second kappa shape index (κ2) is 10.4. The van der Waals surface area contributed by atoms with Crippen LogP contribution in [0.4, 0.5) is 0 Å². The zero-order valence-electron chi connectivity index (χ0n) is 29.6. The maximum atomic E-state index is 2.59. The first-order valence-electron chi connectivity index (χ1n) is 15.4. The molecule has 0 saturated heterocycles. The summed E-state index contributed by atoms with van der Waals surface area (Å²) >= 11 is 0. The third-order valence-corrected chi connectivity index (χ3v) is 8.28. The molecule has 0 aliphatic rings. The van der Waals surface area contributed by atoms with Crippen molar-refractivity contribution in [3.8, 4) is 0 Å². The van der Waals surface area contributed by atoms with Crippen molar-refractivity contribution >= 4 is 0 Å². The largest absolute Gasteiger partial charge is 0.0584 e. The zero-order chi connectivity index (χ0) is 30.7. The minimum atomic E-state index is 0.0472. The van der Waals surface area contributed by atoms with Crippen molar-refractivity contribution in [2.75, 3.05) is 0 Å². The zero-order valence-corrected chi connectivity index (χ0v) is 29.6. The highest BCUT2D eigenvalue weighted by Crippen LogP contribution is 2.49. The van der Waals surface area contributed by atoms with Gasteiger partial charge in [-0.15, -0.1) is 0 Å². The first-order chi connectivity index (χ1) is 17.1. The maximum absolute atomic E-state index is 2.59. The van der Waals surface area contributed by atoms with Gasteiger partial charge in [0.25, 0.3) is 0 Å². The monoisotopic (exact) mass is 533 g/mol. The molecular weight excluding hydrogens is 468 g/mol. The quantitative estimate of drug-likeness (QED) is 0.369. The molecule has 0 aliphatic heterocycles. The van der Waals surface area contributed by atoms with Crippen molar-refractivity contribution in [1.29, 1.82) is 0 Å². The average molecular weight is 533 g/mol. The Morgan fingerprint density at radius 2 is 0.846 bits per heavy atom. The normalized spacial score (nSPS) is 15.1. The van der Waals surface area contributed by atoms with Crippen LogP contribution in [0.3, 0.4) is 0 Å². The number of rotatable bonds is 3. The van der Waals surface area contributed by atoms with Gasteiger partial charge in [0.15, 0.2) is 0 Å². The molecule has 0 aliphatic carbocycles. The van der Waals surface area contributed by atoms with Crippen LogP contribution in [-0.4, -0.2) is 0 Å². The Balaban J connectivity index is 3.05. The lowest BCUT2D eigenvalue weighted by molar-refractivity contribution is 0.482. The smallest absolute Gasteiger partial charge is 0.0126 e. The summed E-state index contributed by atoms with van der Waals surface area (Å²) in [5.41, 5.74) is 12.7. The number of hydrogen-bond donors (Lipinski definition) is 0. The van der Waals surface area contributed by atoms with Crippen LogP contribution in [0.25, 0.3) is 0 Å². The van der Waals surface area contributed by atoms with E-state index in [0.29, 0.717) is 5.92 Å². The number of benzene rings is 2. The lowest BCUT2D eigenvalue weighted by atomic mass is 9.62. The topological polar surface area (TPSA) is 0 Å². The second-order valence-corrected chi connectivity index (χ2v) is 18.6. The van der Waals surface area contributed by atoms with Gasteiger partial charge in [0.2, 0.25) is 0 Å². The van der Waals surface area contributed by atoms with Gasteiger partial charge in [-0.25, -0.2) is 0 Å². The van der Waals surface area contributed by atoms with Gasteiger partial charge in [-0.2, -0.15) is 0 Å². The van der Waals surface area contributed by atoms with E-state index in [4.69, 9.17) is 0 Å². The Morgan fingerprint density at radius 3 is 1.15 bits per heavy atom. The maximum Gasteiger partial charge on any atom is -0.0126 e. The van der Waals surface area contributed by atoms with E-state index < -0.39 is 0 Å². The van der Waals surface area contributed by atoms with E-state index in [9.17, 15) is 0 Å². The minimum absolute atomic E-state index is 0.0472. The van der Waals surface area contributed by atoms with Gasteiger partial charge in [-0.3, -0.25) is 0 Å². The molecule has 0 radical (unpaired) electrons. The number of hydrogen-bond acceptors (Lipinski definition) is 0. The SMILES string of the molecule is CC(Cc1ccc(C(C)(C)C)cc1C(C)(C)C)c1c(C(C)(C)C)c(C(C)(C)C)cc(C(C)(C)C)c1C(C)(C)C. The lowest BCUT2D eigenvalue weighted by Crippen LogP contribution is -2.32. The van der Waals surface area contributed by atoms with Crippen LogP contribution >= 0.6 is 0 Å². The van der Waals surface area contributed by atoms with Crippen LogP contribution in [0.2, 0.25) is 0 Å². The van der Waals surface area contributed by atoms with Crippen LogP contribution in [0.15, 0.2) is 24.3 Å². The van der Waals surface area contributed by atoms with E-state index in [-0.39, 0.29) is 32.5 Å². The summed E-state index contributed by atoms with van der Waals surface area (Å²) in [4.78, 5) is 0. The lowest BCUT2D eigenvalue weighted by Gasteiger charge is -2.42. The summed E-state index contributed by atoms with van der Waals surface area (Å²) < 4.78 is 0. The van der Waals surface area contributed by atoms with E-state index >= 15 is 0 Å². The fourth-order valence-corrected chi connectivity index (χ4v) is 6.35. The molecule has 2 aromatic carbocycles. The fraction of sp³-hybridized carbons (Fsp3) is 0.692. The Bertz CT molecular complexity index is 1110. The van der Waals surface area contributed by atoms with E-state index in [1.165, 1.54) is 27.8 Å². The van der Waals surface area contributed by atoms with Crippen LogP contribution in [0, 0.1) is 0 Å². The highest BCUT2D eigenvalue weighted by atomic mass is 14.4. The van der Waals surface area contributed by atoms with Crippen molar-refractivity contribution in [1.82, 2.24) is 0 Å². The summed E-state index contributed by atoms with van der Waals surface area (Å²) in [5, 5.41) is 0. The Kier molecular flexibility index (Phi) is 8.94. The predicted octanol–water partition coefficient (Wildman–Crippen LogP) is 11.8. The van der Waals surface area contributed by atoms with Crippen LogP contribution in [0.1, 0.15) is 182 Å². The van der Waals surface area contributed by atoms with Crippen molar-refractivity contribution in [3.05, 3.63) is 68.8 Å². The Hall–Kier alpha value is -1.56. The van der Waals surface area contributed by atoms with Crippen molar-refractivity contribution in [2.45, 2.75) is 176 Å². The highest BCUT2D eigenvalue weighted by molar-refractivity contribution is 5.57. The molecule has 0 heteroatoms. The molecule has 0 bridgehead atoms. The summed E-state index contributed by atoms with van der Waals surface area (Å²) in [5.74, 6) is 0.401. The molecule has 0 saturated carbocycles. The van der Waals surface area contributed by atoms with Gasteiger partial charge < -0.3 is 0 Å². The molecule has 1 atom stereocenters. The molecular formula is C39H64. The van der Waals surface area contributed by atoms with Crippen molar-refractivity contribution < 1.29 is 0 Å². The molecule has 0 spiro atoms. The summed E-state index contributed by atoms with van der Waals surface area (Å²) in [6, 6.07) is 9.93. The summed E-state index contributed by atoms with van der Waals surface area (Å²) in [7, 11) is 0. The van der Waals surface area contributed by atoms with Gasteiger partial charge >= 0.3 is 0 Å². The third-order valence-electron chi connectivity index (χ3n) is 8.28. The molecule has 1 unspecified atom stereocenters. The van der Waals surface area contributed by atoms with Gasteiger partial charge in [0, 0.05) is 0 Å². The molecule has 0 fully saturated rings. The molecule has 39 heavy (non-hydrogen) atoms.